The summed E-state index contributed by atoms with van der Waals surface area (Å²) in [5, 5.41) is 2.95. The Kier molecular flexibility index (Phi) is 5.29. The molecule has 2 amide bonds. The molecular formula is C20H28N4O3. The standard InChI is InChI=1S/C20H28N4O3/c1-27-19-14(11-21-18(25)13-23-8-4-5-9-23)10-16-17(22-19)12-24(20(16)26)15-6-2-3-7-15/h10,15H,2-9,11-13H2,1H3,(H,21,25). The lowest BCUT2D eigenvalue weighted by Gasteiger charge is -2.22. The van der Waals surface area contributed by atoms with Crippen LogP contribution in [0, 0.1) is 0 Å². The van der Waals surface area contributed by atoms with Crippen LogP contribution in [-0.4, -0.2) is 59.4 Å². The maximum atomic E-state index is 12.9. The van der Waals surface area contributed by atoms with Crippen LogP contribution in [0.3, 0.4) is 0 Å². The largest absolute Gasteiger partial charge is 0.481 e. The minimum absolute atomic E-state index is 0.00152. The van der Waals surface area contributed by atoms with Crippen LogP contribution in [0.2, 0.25) is 0 Å². The number of nitrogens with zero attached hydrogens (tertiary/aromatic N) is 3. The van der Waals surface area contributed by atoms with Gasteiger partial charge in [0.1, 0.15) is 0 Å². The summed E-state index contributed by atoms with van der Waals surface area (Å²) >= 11 is 0. The number of carbonyl (C=O) groups is 2. The fourth-order valence-corrected chi connectivity index (χ4v) is 4.48. The number of rotatable bonds is 6. The third-order valence-electron chi connectivity index (χ3n) is 5.95. The summed E-state index contributed by atoms with van der Waals surface area (Å²) in [4.78, 5) is 33.8. The molecule has 7 heteroatoms. The molecule has 0 atom stereocenters. The van der Waals surface area contributed by atoms with E-state index in [1.54, 1.807) is 7.11 Å². The van der Waals surface area contributed by atoms with Crippen molar-refractivity contribution >= 4 is 11.8 Å². The Balaban J connectivity index is 1.44. The van der Waals surface area contributed by atoms with Gasteiger partial charge in [-0.2, -0.15) is 0 Å². The van der Waals surface area contributed by atoms with Crippen molar-refractivity contribution in [3.63, 3.8) is 0 Å². The highest BCUT2D eigenvalue weighted by Crippen LogP contribution is 2.33. The maximum absolute atomic E-state index is 12.9. The summed E-state index contributed by atoms with van der Waals surface area (Å²) in [6.45, 7) is 3.30. The van der Waals surface area contributed by atoms with Gasteiger partial charge in [0, 0.05) is 18.2 Å². The predicted molar refractivity (Wildman–Crippen MR) is 100 cm³/mol. The second kappa shape index (κ2) is 7.84. The Bertz CT molecular complexity index is 724. The SMILES string of the molecule is COc1nc2c(cc1CNC(=O)CN1CCCC1)C(=O)N(C1CCCC1)C2. The van der Waals surface area contributed by atoms with Crippen LogP contribution >= 0.6 is 0 Å². The first-order valence-electron chi connectivity index (χ1n) is 10.0. The number of carbonyl (C=O) groups excluding carboxylic acids is 2. The maximum Gasteiger partial charge on any atom is 0.256 e. The molecule has 1 saturated heterocycles. The van der Waals surface area contributed by atoms with Gasteiger partial charge in [-0.25, -0.2) is 4.98 Å². The zero-order valence-electron chi connectivity index (χ0n) is 16.0. The molecule has 4 rings (SSSR count). The summed E-state index contributed by atoms with van der Waals surface area (Å²) in [7, 11) is 1.58. The smallest absolute Gasteiger partial charge is 0.256 e. The van der Waals surface area contributed by atoms with Crippen molar-refractivity contribution in [2.24, 2.45) is 0 Å². The molecule has 0 spiro atoms. The van der Waals surface area contributed by atoms with Gasteiger partial charge in [-0.15, -0.1) is 0 Å². The number of methoxy groups -OCH3 is 1. The van der Waals surface area contributed by atoms with E-state index in [4.69, 9.17) is 4.74 Å². The Labute approximate surface area is 160 Å². The normalized spacial score (nSPS) is 20.3. The third kappa shape index (κ3) is 3.78. The van der Waals surface area contributed by atoms with E-state index in [-0.39, 0.29) is 11.8 Å². The molecule has 0 radical (unpaired) electrons. The van der Waals surface area contributed by atoms with Gasteiger partial charge in [0.25, 0.3) is 5.91 Å². The molecule has 1 saturated carbocycles. The van der Waals surface area contributed by atoms with Crippen molar-refractivity contribution in [1.82, 2.24) is 20.1 Å². The molecule has 3 heterocycles. The average molecular weight is 372 g/mol. The topological polar surface area (TPSA) is 74.8 Å². The van der Waals surface area contributed by atoms with Gasteiger partial charge >= 0.3 is 0 Å². The van der Waals surface area contributed by atoms with E-state index in [0.29, 0.717) is 37.1 Å². The molecule has 0 unspecified atom stereocenters. The molecule has 2 aliphatic heterocycles. The molecule has 0 aromatic carbocycles. The second-order valence-electron chi connectivity index (χ2n) is 7.78. The van der Waals surface area contributed by atoms with E-state index >= 15 is 0 Å². The predicted octanol–water partition coefficient (Wildman–Crippen LogP) is 1.70. The first-order valence-corrected chi connectivity index (χ1v) is 10.0. The summed E-state index contributed by atoms with van der Waals surface area (Å²) in [6.07, 6.45) is 6.86. The zero-order valence-corrected chi connectivity index (χ0v) is 16.0. The number of ether oxygens (including phenoxy) is 1. The summed E-state index contributed by atoms with van der Waals surface area (Å²) in [6, 6.07) is 2.19. The Morgan fingerprint density at radius 2 is 2.00 bits per heavy atom. The number of hydrogen-bond donors (Lipinski definition) is 1. The fourth-order valence-electron chi connectivity index (χ4n) is 4.48. The molecule has 1 aromatic rings. The van der Waals surface area contributed by atoms with Crippen molar-refractivity contribution < 1.29 is 14.3 Å². The van der Waals surface area contributed by atoms with Gasteiger partial charge in [-0.3, -0.25) is 14.5 Å². The van der Waals surface area contributed by atoms with E-state index in [0.717, 1.165) is 50.0 Å². The van der Waals surface area contributed by atoms with Crippen molar-refractivity contribution in [1.29, 1.82) is 0 Å². The number of aromatic nitrogens is 1. The molecule has 146 valence electrons. The minimum atomic E-state index is -0.00152. The van der Waals surface area contributed by atoms with Crippen LogP contribution in [0.25, 0.3) is 0 Å². The van der Waals surface area contributed by atoms with Gasteiger partial charge in [-0.1, -0.05) is 12.8 Å². The summed E-state index contributed by atoms with van der Waals surface area (Å²) in [5.41, 5.74) is 2.20. The lowest BCUT2D eigenvalue weighted by molar-refractivity contribution is -0.122. The monoisotopic (exact) mass is 372 g/mol. The molecule has 27 heavy (non-hydrogen) atoms. The molecule has 1 N–H and O–H groups in total. The summed E-state index contributed by atoms with van der Waals surface area (Å²) < 4.78 is 5.43. The Morgan fingerprint density at radius 1 is 1.26 bits per heavy atom. The van der Waals surface area contributed by atoms with E-state index < -0.39 is 0 Å². The molecule has 0 bridgehead atoms. The molecule has 7 nitrogen and oxygen atoms in total. The number of fused-ring (bicyclic) bond motifs is 1. The second-order valence-corrected chi connectivity index (χ2v) is 7.78. The third-order valence-corrected chi connectivity index (χ3v) is 5.95. The van der Waals surface area contributed by atoms with Crippen molar-refractivity contribution in [2.75, 3.05) is 26.7 Å². The molecule has 1 aromatic heterocycles. The first-order chi connectivity index (χ1) is 13.2. The van der Waals surface area contributed by atoms with Gasteiger partial charge in [-0.05, 0) is 44.8 Å². The first kappa shape index (κ1) is 18.2. The number of nitrogens with one attached hydrogen (secondary N) is 1. The van der Waals surface area contributed by atoms with Crippen LogP contribution in [0.15, 0.2) is 6.07 Å². The van der Waals surface area contributed by atoms with Gasteiger partial charge in [0.15, 0.2) is 0 Å². The number of hydrogen-bond acceptors (Lipinski definition) is 5. The van der Waals surface area contributed by atoms with Crippen LogP contribution in [0.1, 0.15) is 60.1 Å². The summed E-state index contributed by atoms with van der Waals surface area (Å²) in [5.74, 6) is 0.561. The van der Waals surface area contributed by atoms with E-state index in [9.17, 15) is 9.59 Å². The van der Waals surface area contributed by atoms with Crippen molar-refractivity contribution in [3.05, 3.63) is 22.9 Å². The molecule has 2 fully saturated rings. The van der Waals surface area contributed by atoms with Gasteiger partial charge in [0.2, 0.25) is 11.8 Å². The van der Waals surface area contributed by atoms with E-state index in [1.165, 1.54) is 12.8 Å². The average Bonchev–Trinajstić information content (AvgIpc) is 3.41. The van der Waals surface area contributed by atoms with Crippen LogP contribution in [-0.2, 0) is 17.9 Å². The number of pyridine rings is 1. The van der Waals surface area contributed by atoms with Crippen molar-refractivity contribution in [3.8, 4) is 5.88 Å². The molecule has 1 aliphatic carbocycles. The van der Waals surface area contributed by atoms with E-state index in [2.05, 4.69) is 15.2 Å². The lowest BCUT2D eigenvalue weighted by atomic mass is 10.1. The highest BCUT2D eigenvalue weighted by molar-refractivity contribution is 5.98. The zero-order chi connectivity index (χ0) is 18.8. The lowest BCUT2D eigenvalue weighted by Crippen LogP contribution is -2.35. The number of likely N-dealkylation sites (tertiary alicyclic amines) is 1. The van der Waals surface area contributed by atoms with Crippen molar-refractivity contribution in [2.45, 2.75) is 57.7 Å². The quantitative estimate of drug-likeness (QED) is 0.823. The van der Waals surface area contributed by atoms with E-state index in [1.807, 2.05) is 11.0 Å². The molecule has 3 aliphatic rings. The van der Waals surface area contributed by atoms with Gasteiger partial charge in [0.05, 0.1) is 31.5 Å². The Morgan fingerprint density at radius 3 is 2.70 bits per heavy atom. The highest BCUT2D eigenvalue weighted by atomic mass is 16.5. The number of amides is 2. The van der Waals surface area contributed by atoms with Gasteiger partial charge < -0.3 is 15.0 Å². The minimum Gasteiger partial charge on any atom is -0.481 e. The van der Waals surface area contributed by atoms with Crippen LogP contribution in [0.4, 0.5) is 0 Å². The molecular weight excluding hydrogens is 344 g/mol. The fraction of sp³-hybridized carbons (Fsp3) is 0.650. The highest BCUT2D eigenvalue weighted by Gasteiger charge is 2.35. The van der Waals surface area contributed by atoms with Crippen LogP contribution < -0.4 is 10.1 Å². The Hall–Kier alpha value is -2.15. The van der Waals surface area contributed by atoms with Crippen LogP contribution in [0.5, 0.6) is 5.88 Å².